The molecule has 8 heteroatoms. The predicted molar refractivity (Wildman–Crippen MR) is 74.4 cm³/mol. The first-order chi connectivity index (χ1) is 9.31. The number of hydrogen-bond donors (Lipinski definition) is 2. The van der Waals surface area contributed by atoms with Crippen LogP contribution in [0.4, 0.5) is 20.2 Å². The van der Waals surface area contributed by atoms with Crippen LogP contribution in [-0.4, -0.2) is 15.7 Å². The predicted octanol–water partition coefficient (Wildman–Crippen LogP) is 2.60. The summed E-state index contributed by atoms with van der Waals surface area (Å²) < 4.78 is 28.0. The van der Waals surface area contributed by atoms with E-state index in [2.05, 4.69) is 26.3 Å². The van der Waals surface area contributed by atoms with Crippen LogP contribution in [0.1, 0.15) is 16.2 Å². The van der Waals surface area contributed by atoms with Crippen molar-refractivity contribution in [2.45, 2.75) is 6.92 Å². The first-order valence-electron chi connectivity index (χ1n) is 5.56. The second-order valence-electron chi connectivity index (χ2n) is 4.17. The molecule has 3 N–H and O–H groups in total. The topological polar surface area (TPSA) is 72.9 Å². The Labute approximate surface area is 121 Å². The van der Waals surface area contributed by atoms with Crippen molar-refractivity contribution in [2.24, 2.45) is 7.05 Å². The largest absolute Gasteiger partial charge is 0.395 e. The first-order valence-corrected chi connectivity index (χ1v) is 6.35. The molecule has 2 aromatic rings. The number of aryl methyl sites for hydroxylation is 2. The maximum atomic E-state index is 13.7. The number of carbonyl (C=O) groups is 1. The van der Waals surface area contributed by atoms with E-state index >= 15 is 0 Å². The number of halogens is 3. The summed E-state index contributed by atoms with van der Waals surface area (Å²) in [4.78, 5) is 12.1. The van der Waals surface area contributed by atoms with Gasteiger partial charge in [0, 0.05) is 17.6 Å². The van der Waals surface area contributed by atoms with Gasteiger partial charge in [-0.1, -0.05) is 0 Å². The number of anilines is 2. The molecule has 0 spiro atoms. The number of benzene rings is 1. The lowest BCUT2D eigenvalue weighted by Gasteiger charge is -2.09. The van der Waals surface area contributed by atoms with Crippen LogP contribution in [0.15, 0.2) is 16.6 Å². The zero-order valence-corrected chi connectivity index (χ0v) is 12.3. The van der Waals surface area contributed by atoms with Gasteiger partial charge < -0.3 is 11.1 Å². The summed E-state index contributed by atoms with van der Waals surface area (Å²) in [5.41, 5.74) is 6.41. The number of nitrogen functional groups attached to an aromatic ring is 1. The normalized spacial score (nSPS) is 10.7. The highest BCUT2D eigenvalue weighted by Crippen LogP contribution is 2.28. The van der Waals surface area contributed by atoms with Gasteiger partial charge in [-0.05, 0) is 28.9 Å². The molecule has 0 aliphatic heterocycles. The van der Waals surface area contributed by atoms with Crippen molar-refractivity contribution >= 4 is 33.2 Å². The van der Waals surface area contributed by atoms with E-state index in [9.17, 15) is 13.6 Å². The van der Waals surface area contributed by atoms with Crippen LogP contribution in [0.25, 0.3) is 0 Å². The van der Waals surface area contributed by atoms with Crippen molar-refractivity contribution in [1.29, 1.82) is 0 Å². The van der Waals surface area contributed by atoms with Crippen LogP contribution in [0, 0.1) is 18.6 Å². The average Bonchev–Trinajstić information content (AvgIpc) is 2.58. The number of hydrogen-bond acceptors (Lipinski definition) is 3. The number of aromatic nitrogens is 2. The highest BCUT2D eigenvalue weighted by atomic mass is 79.9. The fourth-order valence-electron chi connectivity index (χ4n) is 1.78. The van der Waals surface area contributed by atoms with Gasteiger partial charge in [-0.3, -0.25) is 9.48 Å². The van der Waals surface area contributed by atoms with Gasteiger partial charge in [0.2, 0.25) is 0 Å². The Morgan fingerprint density at radius 2 is 2.10 bits per heavy atom. The van der Waals surface area contributed by atoms with E-state index in [-0.39, 0.29) is 21.5 Å². The Bertz CT molecular complexity index is 676. The molecule has 5 nitrogen and oxygen atoms in total. The third-order valence-electron chi connectivity index (χ3n) is 2.73. The SMILES string of the molecule is Cc1nn(C)c(C(=O)Nc2c(F)cc(F)cc2Br)c1N. The van der Waals surface area contributed by atoms with Crippen LogP contribution in [0.3, 0.4) is 0 Å². The molecule has 106 valence electrons. The highest BCUT2D eigenvalue weighted by Gasteiger charge is 2.20. The molecule has 0 unspecified atom stereocenters. The van der Waals surface area contributed by atoms with Crippen LogP contribution in [0.5, 0.6) is 0 Å². The van der Waals surface area contributed by atoms with E-state index in [1.165, 1.54) is 4.68 Å². The monoisotopic (exact) mass is 344 g/mol. The molecule has 0 saturated carbocycles. The van der Waals surface area contributed by atoms with E-state index < -0.39 is 17.5 Å². The van der Waals surface area contributed by atoms with Gasteiger partial charge in [0.15, 0.2) is 5.82 Å². The zero-order valence-electron chi connectivity index (χ0n) is 10.7. The number of amides is 1. The van der Waals surface area contributed by atoms with Crippen molar-refractivity contribution in [3.8, 4) is 0 Å². The van der Waals surface area contributed by atoms with Crippen molar-refractivity contribution in [3.05, 3.63) is 39.6 Å². The second-order valence-corrected chi connectivity index (χ2v) is 5.02. The van der Waals surface area contributed by atoms with Crippen molar-refractivity contribution in [3.63, 3.8) is 0 Å². The molecule has 0 fully saturated rings. The highest BCUT2D eigenvalue weighted by molar-refractivity contribution is 9.10. The van der Waals surface area contributed by atoms with Gasteiger partial charge in [-0.15, -0.1) is 0 Å². The number of nitrogens with zero attached hydrogens (tertiary/aromatic N) is 2. The smallest absolute Gasteiger partial charge is 0.276 e. The van der Waals surface area contributed by atoms with Gasteiger partial charge >= 0.3 is 0 Å². The van der Waals surface area contributed by atoms with Crippen LogP contribution < -0.4 is 11.1 Å². The summed E-state index contributed by atoms with van der Waals surface area (Å²) in [6.07, 6.45) is 0. The second kappa shape index (κ2) is 5.20. The van der Waals surface area contributed by atoms with Crippen LogP contribution >= 0.6 is 15.9 Å². The Morgan fingerprint density at radius 3 is 2.60 bits per heavy atom. The lowest BCUT2D eigenvalue weighted by atomic mass is 10.2. The third-order valence-corrected chi connectivity index (χ3v) is 3.35. The van der Waals surface area contributed by atoms with Crippen LogP contribution in [0.2, 0.25) is 0 Å². The van der Waals surface area contributed by atoms with Gasteiger partial charge in [0.1, 0.15) is 11.5 Å². The first kappa shape index (κ1) is 14.4. The van der Waals surface area contributed by atoms with Gasteiger partial charge in [0.05, 0.1) is 17.1 Å². The lowest BCUT2D eigenvalue weighted by Crippen LogP contribution is -2.18. The Morgan fingerprint density at radius 1 is 1.45 bits per heavy atom. The number of carbonyl (C=O) groups excluding carboxylic acids is 1. The minimum absolute atomic E-state index is 0.0980. The minimum Gasteiger partial charge on any atom is -0.395 e. The van der Waals surface area contributed by atoms with E-state index in [1.54, 1.807) is 14.0 Å². The quantitative estimate of drug-likeness (QED) is 0.879. The molecule has 2 rings (SSSR count). The fourth-order valence-corrected chi connectivity index (χ4v) is 2.29. The summed E-state index contributed by atoms with van der Waals surface area (Å²) in [5.74, 6) is -2.26. The molecule has 0 saturated heterocycles. The molecule has 1 aromatic heterocycles. The molecule has 0 bridgehead atoms. The van der Waals surface area contributed by atoms with Gasteiger partial charge in [-0.25, -0.2) is 8.78 Å². The molecular formula is C12H11BrF2N4O. The fraction of sp³-hybridized carbons (Fsp3) is 0.167. The Hall–Kier alpha value is -1.96. The van der Waals surface area contributed by atoms with Crippen molar-refractivity contribution < 1.29 is 13.6 Å². The minimum atomic E-state index is -0.886. The zero-order chi connectivity index (χ0) is 15.0. The van der Waals surface area contributed by atoms with Crippen molar-refractivity contribution in [1.82, 2.24) is 9.78 Å². The molecule has 0 aliphatic carbocycles. The van der Waals surface area contributed by atoms with Gasteiger partial charge in [0.25, 0.3) is 5.91 Å². The third kappa shape index (κ3) is 2.51. The summed E-state index contributed by atoms with van der Waals surface area (Å²) in [6.45, 7) is 1.65. The van der Waals surface area contributed by atoms with E-state index in [4.69, 9.17) is 5.73 Å². The molecule has 20 heavy (non-hydrogen) atoms. The standard InChI is InChI=1S/C12H11BrF2N4O/c1-5-9(16)11(19(2)18-5)12(20)17-10-7(13)3-6(14)4-8(10)15/h3-4H,16H2,1-2H3,(H,17,20). The van der Waals surface area contributed by atoms with E-state index in [0.29, 0.717) is 11.8 Å². The van der Waals surface area contributed by atoms with Gasteiger partial charge in [-0.2, -0.15) is 5.10 Å². The Balaban J connectivity index is 2.38. The molecule has 1 heterocycles. The molecule has 1 amide bonds. The molecule has 0 radical (unpaired) electrons. The van der Waals surface area contributed by atoms with Crippen molar-refractivity contribution in [2.75, 3.05) is 11.1 Å². The lowest BCUT2D eigenvalue weighted by molar-refractivity contribution is 0.101. The molecule has 0 atom stereocenters. The molecule has 0 aliphatic rings. The average molecular weight is 345 g/mol. The molecule has 1 aromatic carbocycles. The maximum Gasteiger partial charge on any atom is 0.276 e. The summed E-state index contributed by atoms with van der Waals surface area (Å²) in [6, 6.07) is 1.73. The number of nitrogens with one attached hydrogen (secondary N) is 1. The van der Waals surface area contributed by atoms with E-state index in [0.717, 1.165) is 6.07 Å². The maximum absolute atomic E-state index is 13.7. The van der Waals surface area contributed by atoms with E-state index in [1.807, 2.05) is 0 Å². The Kier molecular flexibility index (Phi) is 3.76. The molecular weight excluding hydrogens is 334 g/mol. The number of rotatable bonds is 2. The van der Waals surface area contributed by atoms with Crippen LogP contribution in [-0.2, 0) is 7.05 Å². The number of nitrogens with two attached hydrogens (primary N) is 1. The summed E-state index contributed by atoms with van der Waals surface area (Å²) >= 11 is 2.99. The summed E-state index contributed by atoms with van der Waals surface area (Å²) in [5, 5.41) is 6.35. The summed E-state index contributed by atoms with van der Waals surface area (Å²) in [7, 11) is 1.55.